The second-order valence-corrected chi connectivity index (χ2v) is 8.66. The summed E-state index contributed by atoms with van der Waals surface area (Å²) in [5.41, 5.74) is 8.72. The Hall–Kier alpha value is -2.69. The average molecular weight is 393 g/mol. The molecule has 2 atom stereocenters. The fourth-order valence-electron chi connectivity index (χ4n) is 4.91. The summed E-state index contributed by atoms with van der Waals surface area (Å²) in [5.74, 6) is -0.377. The van der Waals surface area contributed by atoms with E-state index in [4.69, 9.17) is 5.73 Å². The van der Waals surface area contributed by atoms with Crippen LogP contribution in [0.25, 0.3) is 0 Å². The minimum Gasteiger partial charge on any atom is -0.377 e. The zero-order valence-corrected chi connectivity index (χ0v) is 16.6. The maximum Gasteiger partial charge on any atom is 0.233 e. The molecule has 2 aromatic carbocycles. The molecule has 1 aliphatic heterocycles. The summed E-state index contributed by atoms with van der Waals surface area (Å²) in [7, 11) is 0. The maximum atomic E-state index is 14.6. The second-order valence-electron chi connectivity index (χ2n) is 8.66. The van der Waals surface area contributed by atoms with Crippen molar-refractivity contribution in [3.8, 4) is 0 Å². The Balaban J connectivity index is 1.76. The lowest BCUT2D eigenvalue weighted by Gasteiger charge is -2.41. The van der Waals surface area contributed by atoms with Crippen LogP contribution in [0.15, 0.2) is 36.4 Å². The number of halogens is 1. The highest BCUT2D eigenvalue weighted by atomic mass is 19.1. The molecule has 1 aliphatic carbocycles. The van der Waals surface area contributed by atoms with Crippen molar-refractivity contribution in [3.63, 3.8) is 0 Å². The second kappa shape index (κ2) is 7.62. The minimum atomic E-state index is -0.952. The van der Waals surface area contributed by atoms with E-state index in [0.717, 1.165) is 35.2 Å². The molecular weight excluding hydrogens is 367 g/mol. The number of amides is 1. The van der Waals surface area contributed by atoms with Gasteiger partial charge in [-0.05, 0) is 79.1 Å². The van der Waals surface area contributed by atoms with Crippen LogP contribution in [0.3, 0.4) is 0 Å². The highest BCUT2D eigenvalue weighted by molar-refractivity contribution is 5.85. The lowest BCUT2D eigenvalue weighted by Crippen LogP contribution is -2.47. The van der Waals surface area contributed by atoms with Crippen LogP contribution in [0.4, 0.5) is 10.1 Å². The molecule has 4 nitrogen and oxygen atoms in total. The van der Waals surface area contributed by atoms with Crippen molar-refractivity contribution in [2.45, 2.75) is 57.4 Å². The van der Waals surface area contributed by atoms with Gasteiger partial charge in [0, 0.05) is 11.3 Å². The summed E-state index contributed by atoms with van der Waals surface area (Å²) >= 11 is 0. The van der Waals surface area contributed by atoms with E-state index in [2.05, 4.69) is 5.32 Å². The summed E-state index contributed by atoms with van der Waals surface area (Å²) in [6.07, 6.45) is 7.97. The quantitative estimate of drug-likeness (QED) is 0.801. The topological polar surface area (TPSA) is 72.2 Å². The summed E-state index contributed by atoms with van der Waals surface area (Å²) < 4.78 is 14.6. The highest BCUT2D eigenvalue weighted by Crippen LogP contribution is 2.46. The molecular formula is C24H26FN2O2. The van der Waals surface area contributed by atoms with Crippen LogP contribution in [-0.2, 0) is 16.0 Å². The molecule has 0 saturated heterocycles. The SMILES string of the molecule is CC1(C(N)=O)Cc2cc([C]=O)ccc2NC1c1cc(F)cc(C2CCCCC2)c1. The number of fused-ring (bicyclic) bond motifs is 1. The van der Waals surface area contributed by atoms with Crippen LogP contribution in [0.5, 0.6) is 0 Å². The fourth-order valence-corrected chi connectivity index (χ4v) is 4.91. The number of primary amides is 1. The summed E-state index contributed by atoms with van der Waals surface area (Å²) in [4.78, 5) is 23.5. The van der Waals surface area contributed by atoms with Gasteiger partial charge in [0.15, 0.2) is 0 Å². The Morgan fingerprint density at radius 1 is 1.14 bits per heavy atom. The van der Waals surface area contributed by atoms with Gasteiger partial charge < -0.3 is 11.1 Å². The largest absolute Gasteiger partial charge is 0.377 e. The van der Waals surface area contributed by atoms with Gasteiger partial charge in [-0.25, -0.2) is 4.39 Å². The molecule has 2 unspecified atom stereocenters. The van der Waals surface area contributed by atoms with Gasteiger partial charge >= 0.3 is 0 Å². The minimum absolute atomic E-state index is 0.284. The zero-order valence-electron chi connectivity index (χ0n) is 16.6. The smallest absolute Gasteiger partial charge is 0.233 e. The van der Waals surface area contributed by atoms with Crippen molar-refractivity contribution < 1.29 is 14.0 Å². The Labute approximate surface area is 170 Å². The van der Waals surface area contributed by atoms with E-state index in [-0.39, 0.29) is 5.82 Å². The third-order valence-corrected chi connectivity index (χ3v) is 6.63. The van der Waals surface area contributed by atoms with Crippen molar-refractivity contribution >= 4 is 17.9 Å². The number of hydrogen-bond acceptors (Lipinski definition) is 3. The fraction of sp³-hybridized carbons (Fsp3) is 0.417. The number of benzene rings is 2. The van der Waals surface area contributed by atoms with Crippen LogP contribution in [-0.4, -0.2) is 12.2 Å². The Kier molecular flexibility index (Phi) is 5.15. The monoisotopic (exact) mass is 393 g/mol. The molecule has 0 spiro atoms. The van der Waals surface area contributed by atoms with Crippen molar-refractivity contribution in [1.82, 2.24) is 0 Å². The molecule has 1 heterocycles. The molecule has 4 rings (SSSR count). The number of anilines is 1. The normalized spacial score (nSPS) is 24.4. The van der Waals surface area contributed by atoms with E-state index in [0.29, 0.717) is 17.9 Å². The van der Waals surface area contributed by atoms with Gasteiger partial charge in [-0.15, -0.1) is 0 Å². The molecule has 0 bridgehead atoms. The highest BCUT2D eigenvalue weighted by Gasteiger charge is 2.44. The predicted octanol–water partition coefficient (Wildman–Crippen LogP) is 4.53. The number of nitrogens with one attached hydrogen (secondary N) is 1. The molecule has 2 aliphatic rings. The Morgan fingerprint density at radius 3 is 2.55 bits per heavy atom. The number of nitrogens with two attached hydrogens (primary N) is 1. The number of carbonyl (C=O) groups excluding carboxylic acids is 2. The van der Waals surface area contributed by atoms with Gasteiger partial charge in [-0.1, -0.05) is 25.3 Å². The molecule has 2 aromatic rings. The van der Waals surface area contributed by atoms with Crippen LogP contribution in [0, 0.1) is 11.2 Å². The van der Waals surface area contributed by atoms with E-state index < -0.39 is 17.4 Å². The third kappa shape index (κ3) is 3.66. The molecule has 1 saturated carbocycles. The van der Waals surface area contributed by atoms with Crippen molar-refractivity contribution in [1.29, 1.82) is 0 Å². The number of carbonyl (C=O) groups is 1. The van der Waals surface area contributed by atoms with Crippen LogP contribution < -0.4 is 11.1 Å². The first-order valence-electron chi connectivity index (χ1n) is 10.3. The molecule has 151 valence electrons. The van der Waals surface area contributed by atoms with Crippen LogP contribution >= 0.6 is 0 Å². The maximum absolute atomic E-state index is 14.6. The standard InChI is InChI=1S/C24H26FN2O2/c1-24(23(26)29)13-19-9-15(14-28)7-8-21(19)27-22(24)18-10-17(11-20(25)12-18)16-5-3-2-4-6-16/h7-12,16,22,27H,2-6,13H2,1H3,(H2,26,29). The third-order valence-electron chi connectivity index (χ3n) is 6.63. The van der Waals surface area contributed by atoms with Crippen molar-refractivity contribution in [3.05, 3.63) is 64.5 Å². The molecule has 0 aromatic heterocycles. The zero-order chi connectivity index (χ0) is 20.6. The molecule has 3 N–H and O–H groups in total. The van der Waals surface area contributed by atoms with Crippen LogP contribution in [0.1, 0.15) is 73.2 Å². The average Bonchev–Trinajstić information content (AvgIpc) is 2.72. The summed E-state index contributed by atoms with van der Waals surface area (Å²) in [6, 6.07) is 9.94. The molecule has 29 heavy (non-hydrogen) atoms. The van der Waals surface area contributed by atoms with Gasteiger partial charge in [0.1, 0.15) is 5.82 Å². The Morgan fingerprint density at radius 2 is 1.86 bits per heavy atom. The van der Waals surface area contributed by atoms with Gasteiger partial charge in [0.05, 0.1) is 11.5 Å². The van der Waals surface area contributed by atoms with Gasteiger partial charge in [0.2, 0.25) is 12.2 Å². The number of rotatable bonds is 4. The van der Waals surface area contributed by atoms with Gasteiger partial charge in [0.25, 0.3) is 0 Å². The molecule has 1 amide bonds. The summed E-state index contributed by atoms with van der Waals surface area (Å²) in [6.45, 7) is 1.80. The molecule has 1 radical (unpaired) electrons. The predicted molar refractivity (Wildman–Crippen MR) is 111 cm³/mol. The van der Waals surface area contributed by atoms with Crippen molar-refractivity contribution in [2.75, 3.05) is 5.32 Å². The van der Waals surface area contributed by atoms with E-state index in [9.17, 15) is 14.0 Å². The number of hydrogen-bond donors (Lipinski definition) is 2. The summed E-state index contributed by atoms with van der Waals surface area (Å²) in [5, 5.41) is 3.40. The van der Waals surface area contributed by atoms with E-state index in [1.807, 2.05) is 18.4 Å². The molecule has 1 fully saturated rings. The molecule has 5 heteroatoms. The van der Waals surface area contributed by atoms with Gasteiger partial charge in [-0.3, -0.25) is 9.59 Å². The Bertz CT molecular complexity index is 952. The lowest BCUT2D eigenvalue weighted by molar-refractivity contribution is -0.127. The first-order chi connectivity index (χ1) is 13.9. The van der Waals surface area contributed by atoms with E-state index >= 15 is 0 Å². The first-order valence-corrected chi connectivity index (χ1v) is 10.3. The first kappa shape index (κ1) is 19.6. The van der Waals surface area contributed by atoms with E-state index in [1.54, 1.807) is 25.1 Å². The van der Waals surface area contributed by atoms with E-state index in [1.165, 1.54) is 25.3 Å². The van der Waals surface area contributed by atoms with Crippen LogP contribution in [0.2, 0.25) is 0 Å². The van der Waals surface area contributed by atoms with Gasteiger partial charge in [-0.2, -0.15) is 0 Å². The lowest BCUT2D eigenvalue weighted by atomic mass is 9.70. The van der Waals surface area contributed by atoms with Crippen molar-refractivity contribution in [2.24, 2.45) is 11.1 Å².